The van der Waals surface area contributed by atoms with Gasteiger partial charge in [-0.25, -0.2) is 4.79 Å². The highest BCUT2D eigenvalue weighted by molar-refractivity contribution is 5.82. The monoisotopic (exact) mass is 234 g/mol. The fourth-order valence-electron chi connectivity index (χ4n) is 1.75. The third-order valence-corrected chi connectivity index (χ3v) is 2.87. The van der Waals surface area contributed by atoms with Crippen LogP contribution in [0.4, 0.5) is 0 Å². The molecular weight excluding hydrogens is 212 g/mol. The molecule has 0 aromatic carbocycles. The first-order chi connectivity index (χ1) is 8.08. The number of carbonyl (C=O) groups excluding carboxylic acids is 1. The van der Waals surface area contributed by atoms with E-state index in [0.29, 0.717) is 6.61 Å². The molecule has 1 aliphatic heterocycles. The minimum atomic E-state index is -0.227. The van der Waals surface area contributed by atoms with E-state index in [4.69, 9.17) is 4.74 Å². The maximum Gasteiger partial charge on any atom is 0.331 e. The average molecular weight is 234 g/mol. The number of hydrogen-bond acceptors (Lipinski definition) is 2. The molecule has 2 heteroatoms. The van der Waals surface area contributed by atoms with Gasteiger partial charge in [-0.3, -0.25) is 0 Å². The number of rotatable bonds is 0. The molecule has 1 aliphatic rings. The van der Waals surface area contributed by atoms with Gasteiger partial charge < -0.3 is 4.74 Å². The van der Waals surface area contributed by atoms with Crippen LogP contribution < -0.4 is 0 Å². The predicted octanol–water partition coefficient (Wildman–Crippen LogP) is 3.94. The van der Waals surface area contributed by atoms with E-state index in [1.165, 1.54) is 5.57 Å². The Kier molecular flexibility index (Phi) is 5.75. The number of cyclic esters (lactones) is 1. The van der Waals surface area contributed by atoms with E-state index in [1.807, 2.05) is 13.8 Å². The Morgan fingerprint density at radius 1 is 0.941 bits per heavy atom. The lowest BCUT2D eigenvalue weighted by Gasteiger charge is -2.03. The van der Waals surface area contributed by atoms with E-state index in [1.54, 1.807) is 6.08 Å². The van der Waals surface area contributed by atoms with Gasteiger partial charge >= 0.3 is 5.97 Å². The zero-order valence-electron chi connectivity index (χ0n) is 11.1. The molecule has 94 valence electrons. The van der Waals surface area contributed by atoms with E-state index < -0.39 is 0 Å². The van der Waals surface area contributed by atoms with Crippen molar-refractivity contribution >= 4 is 5.97 Å². The van der Waals surface area contributed by atoms with Crippen molar-refractivity contribution < 1.29 is 9.53 Å². The Balaban J connectivity index is 2.72. The molecule has 0 atom stereocenters. The summed E-state index contributed by atoms with van der Waals surface area (Å²) in [6.07, 6.45) is 10.1. The first-order valence-electron chi connectivity index (χ1n) is 6.23. The second-order valence-corrected chi connectivity index (χ2v) is 4.78. The molecule has 1 heterocycles. The van der Waals surface area contributed by atoms with Crippen LogP contribution >= 0.6 is 0 Å². The van der Waals surface area contributed by atoms with Gasteiger partial charge in [0.15, 0.2) is 0 Å². The lowest BCUT2D eigenvalue weighted by molar-refractivity contribution is -0.136. The molecule has 0 saturated carbocycles. The first-order valence-corrected chi connectivity index (χ1v) is 6.23. The second-order valence-electron chi connectivity index (χ2n) is 4.78. The van der Waals surface area contributed by atoms with Gasteiger partial charge in [0.2, 0.25) is 0 Å². The van der Waals surface area contributed by atoms with Crippen LogP contribution in [0.25, 0.3) is 0 Å². The van der Waals surface area contributed by atoms with Crippen LogP contribution in [0.15, 0.2) is 34.9 Å². The summed E-state index contributed by atoms with van der Waals surface area (Å²) in [7, 11) is 0. The van der Waals surface area contributed by atoms with Crippen LogP contribution in [-0.2, 0) is 9.53 Å². The summed E-state index contributed by atoms with van der Waals surface area (Å²) in [4.78, 5) is 11.5. The van der Waals surface area contributed by atoms with Crippen LogP contribution in [0, 0.1) is 0 Å². The van der Waals surface area contributed by atoms with Crippen LogP contribution in [-0.4, -0.2) is 12.6 Å². The lowest BCUT2D eigenvalue weighted by atomic mass is 10.1. The second kappa shape index (κ2) is 7.10. The van der Waals surface area contributed by atoms with Crippen molar-refractivity contribution in [2.45, 2.75) is 46.5 Å². The molecule has 0 unspecified atom stereocenters. The summed E-state index contributed by atoms with van der Waals surface area (Å²) in [5.74, 6) is -0.227. The number of allylic oxidation sites excluding steroid dienone is 4. The molecule has 0 fully saturated rings. The van der Waals surface area contributed by atoms with Crippen molar-refractivity contribution in [3.63, 3.8) is 0 Å². The molecule has 2 nitrogen and oxygen atoms in total. The zero-order valence-corrected chi connectivity index (χ0v) is 11.1. The summed E-state index contributed by atoms with van der Waals surface area (Å²) < 4.78 is 5.16. The Hall–Kier alpha value is -1.31. The van der Waals surface area contributed by atoms with E-state index in [2.05, 4.69) is 19.1 Å². The molecule has 1 rings (SSSR count). The van der Waals surface area contributed by atoms with E-state index >= 15 is 0 Å². The van der Waals surface area contributed by atoms with Crippen molar-refractivity contribution in [2.75, 3.05) is 6.61 Å². The molecule has 0 aromatic heterocycles. The largest absolute Gasteiger partial charge is 0.458 e. The minimum Gasteiger partial charge on any atom is -0.458 e. The first kappa shape index (κ1) is 13.8. The lowest BCUT2D eigenvalue weighted by Crippen LogP contribution is -2.04. The Morgan fingerprint density at radius 2 is 1.53 bits per heavy atom. The molecule has 0 N–H and O–H groups in total. The molecule has 17 heavy (non-hydrogen) atoms. The highest BCUT2D eigenvalue weighted by Crippen LogP contribution is 2.12. The Labute approximate surface area is 104 Å². The summed E-state index contributed by atoms with van der Waals surface area (Å²) in [5.41, 5.74) is 3.63. The van der Waals surface area contributed by atoms with Gasteiger partial charge in [0.1, 0.15) is 6.61 Å². The minimum absolute atomic E-state index is 0.227. The zero-order chi connectivity index (χ0) is 12.7. The summed E-state index contributed by atoms with van der Waals surface area (Å²) in [6, 6.07) is 0. The van der Waals surface area contributed by atoms with Gasteiger partial charge in [0.25, 0.3) is 0 Å². The van der Waals surface area contributed by atoms with Crippen LogP contribution in [0.5, 0.6) is 0 Å². The van der Waals surface area contributed by atoms with E-state index in [9.17, 15) is 4.79 Å². The molecule has 0 aliphatic carbocycles. The number of ether oxygens (including phenoxy) is 1. The third kappa shape index (κ3) is 6.10. The van der Waals surface area contributed by atoms with Gasteiger partial charge in [0, 0.05) is 6.08 Å². The van der Waals surface area contributed by atoms with Crippen molar-refractivity contribution in [2.24, 2.45) is 0 Å². The molecular formula is C15H22O2. The molecule has 0 aromatic rings. The standard InChI is InChI=1S/C15H22O2/c1-12-6-4-8-13(2)10-15(16)17-11-14(3)9-5-7-12/h6,9-10H,4-5,7-8,11H2,1-3H3/b12-6+,13-10-,14-9+. The van der Waals surface area contributed by atoms with Crippen molar-refractivity contribution in [1.29, 1.82) is 0 Å². The van der Waals surface area contributed by atoms with Gasteiger partial charge in [-0.2, -0.15) is 0 Å². The Bertz CT molecular complexity index is 359. The van der Waals surface area contributed by atoms with E-state index in [0.717, 1.165) is 36.8 Å². The van der Waals surface area contributed by atoms with Crippen molar-refractivity contribution in [3.8, 4) is 0 Å². The van der Waals surface area contributed by atoms with Gasteiger partial charge in [-0.1, -0.05) is 23.3 Å². The Morgan fingerprint density at radius 3 is 2.24 bits per heavy atom. The SMILES string of the molecule is C/C1=C/C(=O)OC/C(C)=C/CC/C(C)=C/CC1. The maximum absolute atomic E-state index is 11.5. The highest BCUT2D eigenvalue weighted by Gasteiger charge is 2.01. The smallest absolute Gasteiger partial charge is 0.331 e. The molecule has 0 amide bonds. The fourth-order valence-corrected chi connectivity index (χ4v) is 1.75. The van der Waals surface area contributed by atoms with Crippen LogP contribution in [0.3, 0.4) is 0 Å². The fraction of sp³-hybridized carbons (Fsp3) is 0.533. The van der Waals surface area contributed by atoms with Crippen LogP contribution in [0.2, 0.25) is 0 Å². The third-order valence-electron chi connectivity index (χ3n) is 2.87. The average Bonchev–Trinajstić information content (AvgIpc) is 2.26. The van der Waals surface area contributed by atoms with Crippen LogP contribution in [0.1, 0.15) is 46.5 Å². The van der Waals surface area contributed by atoms with Gasteiger partial charge in [-0.05, 0) is 52.0 Å². The summed E-state index contributed by atoms with van der Waals surface area (Å²) >= 11 is 0. The molecule has 0 saturated heterocycles. The highest BCUT2D eigenvalue weighted by atomic mass is 16.5. The maximum atomic E-state index is 11.5. The quantitative estimate of drug-likeness (QED) is 0.468. The number of carbonyl (C=O) groups is 1. The predicted molar refractivity (Wildman–Crippen MR) is 70.7 cm³/mol. The molecule has 0 bridgehead atoms. The number of esters is 1. The van der Waals surface area contributed by atoms with Gasteiger partial charge in [0.05, 0.1) is 0 Å². The topological polar surface area (TPSA) is 26.3 Å². The molecule has 0 spiro atoms. The number of hydrogen-bond donors (Lipinski definition) is 0. The van der Waals surface area contributed by atoms with E-state index in [-0.39, 0.29) is 5.97 Å². The van der Waals surface area contributed by atoms with Crippen molar-refractivity contribution in [1.82, 2.24) is 0 Å². The van der Waals surface area contributed by atoms with Crippen molar-refractivity contribution in [3.05, 3.63) is 34.9 Å². The molecule has 0 radical (unpaired) electrons. The summed E-state index contributed by atoms with van der Waals surface area (Å²) in [6.45, 7) is 6.56. The summed E-state index contributed by atoms with van der Waals surface area (Å²) in [5, 5.41) is 0. The normalized spacial score (nSPS) is 29.1. The van der Waals surface area contributed by atoms with Gasteiger partial charge in [-0.15, -0.1) is 0 Å².